The highest BCUT2D eigenvalue weighted by Crippen LogP contribution is 2.26. The summed E-state index contributed by atoms with van der Waals surface area (Å²) < 4.78 is 32.7. The highest BCUT2D eigenvalue weighted by Gasteiger charge is 2.26. The average Bonchev–Trinajstić information content (AvgIpc) is 2.36. The van der Waals surface area contributed by atoms with Gasteiger partial charge in [0.2, 0.25) is 0 Å². The molecule has 1 rings (SSSR count). The normalized spacial score (nSPS) is 14.6. The minimum atomic E-state index is -0.553. The molecule has 0 radical (unpaired) electrons. The molecule has 0 saturated heterocycles. The van der Waals surface area contributed by atoms with Gasteiger partial charge >= 0.3 is 0 Å². The van der Waals surface area contributed by atoms with Crippen molar-refractivity contribution in [1.29, 1.82) is 0 Å². The molecule has 0 aromatic heterocycles. The Balaban J connectivity index is 3.08. The number of hydrogen-bond donors (Lipinski definition) is 1. The molecule has 0 aliphatic carbocycles. The smallest absolute Gasteiger partial charge is 0.126 e. The molecule has 4 heteroatoms. The van der Waals surface area contributed by atoms with Crippen LogP contribution in [0, 0.1) is 17.6 Å². The monoisotopic (exact) mass is 285 g/mol. The van der Waals surface area contributed by atoms with Crippen molar-refractivity contribution in [2.75, 3.05) is 13.2 Å². The van der Waals surface area contributed by atoms with Gasteiger partial charge in [-0.2, -0.15) is 0 Å². The summed E-state index contributed by atoms with van der Waals surface area (Å²) >= 11 is 0. The Morgan fingerprint density at radius 2 is 1.70 bits per heavy atom. The first kappa shape index (κ1) is 17.1. The van der Waals surface area contributed by atoms with Crippen molar-refractivity contribution in [2.24, 2.45) is 5.92 Å². The standard InChI is InChI=1S/C16H25F2NO/c1-5-7-19-15(16(11(3)4)20-6-2)12-8-13(17)10-14(18)9-12/h8-11,15-16,19H,5-7H2,1-4H3. The van der Waals surface area contributed by atoms with Gasteiger partial charge in [0.1, 0.15) is 11.6 Å². The SMILES string of the molecule is CCCNC(c1cc(F)cc(F)c1)C(OCC)C(C)C. The van der Waals surface area contributed by atoms with Crippen LogP contribution in [-0.2, 0) is 4.74 Å². The van der Waals surface area contributed by atoms with Crippen molar-refractivity contribution < 1.29 is 13.5 Å². The Morgan fingerprint density at radius 1 is 1.10 bits per heavy atom. The summed E-state index contributed by atoms with van der Waals surface area (Å²) in [5.41, 5.74) is 0.600. The number of rotatable bonds is 8. The van der Waals surface area contributed by atoms with Crippen LogP contribution in [0.25, 0.3) is 0 Å². The van der Waals surface area contributed by atoms with Crippen molar-refractivity contribution in [3.8, 4) is 0 Å². The van der Waals surface area contributed by atoms with E-state index in [0.717, 1.165) is 19.0 Å². The molecule has 0 saturated carbocycles. The minimum Gasteiger partial charge on any atom is -0.376 e. The van der Waals surface area contributed by atoms with Gasteiger partial charge in [-0.25, -0.2) is 8.78 Å². The van der Waals surface area contributed by atoms with E-state index in [9.17, 15) is 8.78 Å². The van der Waals surface area contributed by atoms with Gasteiger partial charge in [-0.15, -0.1) is 0 Å². The van der Waals surface area contributed by atoms with E-state index < -0.39 is 11.6 Å². The maximum atomic E-state index is 13.5. The van der Waals surface area contributed by atoms with Gasteiger partial charge in [-0.3, -0.25) is 0 Å². The van der Waals surface area contributed by atoms with E-state index in [0.29, 0.717) is 12.2 Å². The first-order valence-electron chi connectivity index (χ1n) is 7.30. The molecule has 20 heavy (non-hydrogen) atoms. The molecule has 0 bridgehead atoms. The molecule has 0 fully saturated rings. The van der Waals surface area contributed by atoms with Crippen LogP contribution in [0.2, 0.25) is 0 Å². The highest BCUT2D eigenvalue weighted by molar-refractivity contribution is 5.23. The van der Waals surface area contributed by atoms with E-state index in [1.807, 2.05) is 6.92 Å². The molecule has 114 valence electrons. The maximum absolute atomic E-state index is 13.5. The van der Waals surface area contributed by atoms with Crippen LogP contribution < -0.4 is 5.32 Å². The predicted molar refractivity (Wildman–Crippen MR) is 77.6 cm³/mol. The fourth-order valence-electron chi connectivity index (χ4n) is 2.34. The molecule has 2 unspecified atom stereocenters. The lowest BCUT2D eigenvalue weighted by molar-refractivity contribution is 0.00272. The van der Waals surface area contributed by atoms with Crippen molar-refractivity contribution in [2.45, 2.75) is 46.3 Å². The largest absolute Gasteiger partial charge is 0.376 e. The lowest BCUT2D eigenvalue weighted by Crippen LogP contribution is -2.37. The van der Waals surface area contributed by atoms with E-state index in [2.05, 4.69) is 26.1 Å². The molecular weight excluding hydrogens is 260 g/mol. The topological polar surface area (TPSA) is 21.3 Å². The number of nitrogens with one attached hydrogen (secondary N) is 1. The van der Waals surface area contributed by atoms with Gasteiger partial charge in [0.25, 0.3) is 0 Å². The van der Waals surface area contributed by atoms with Crippen LogP contribution in [0.3, 0.4) is 0 Å². The van der Waals surface area contributed by atoms with Crippen LogP contribution >= 0.6 is 0 Å². The zero-order valence-corrected chi connectivity index (χ0v) is 12.7. The van der Waals surface area contributed by atoms with Gasteiger partial charge in [-0.05, 0) is 43.5 Å². The van der Waals surface area contributed by atoms with Gasteiger partial charge in [0.05, 0.1) is 12.1 Å². The van der Waals surface area contributed by atoms with Crippen LogP contribution in [-0.4, -0.2) is 19.3 Å². The Bertz CT molecular complexity index is 389. The second-order valence-electron chi connectivity index (χ2n) is 5.30. The Kier molecular flexibility index (Phi) is 7.10. The Labute approximate surface area is 120 Å². The molecule has 0 aliphatic heterocycles. The van der Waals surface area contributed by atoms with Crippen molar-refractivity contribution >= 4 is 0 Å². The van der Waals surface area contributed by atoms with Crippen LogP contribution in [0.15, 0.2) is 18.2 Å². The molecule has 0 spiro atoms. The van der Waals surface area contributed by atoms with Gasteiger partial charge in [0, 0.05) is 12.7 Å². The third-order valence-corrected chi connectivity index (χ3v) is 3.20. The van der Waals surface area contributed by atoms with Gasteiger partial charge in [-0.1, -0.05) is 20.8 Å². The lowest BCUT2D eigenvalue weighted by atomic mass is 9.93. The molecule has 0 aliphatic rings. The van der Waals surface area contributed by atoms with Crippen molar-refractivity contribution in [3.63, 3.8) is 0 Å². The van der Waals surface area contributed by atoms with Gasteiger partial charge in [0.15, 0.2) is 0 Å². The summed E-state index contributed by atoms with van der Waals surface area (Å²) in [6, 6.07) is 3.45. The van der Waals surface area contributed by atoms with E-state index in [-0.39, 0.29) is 18.1 Å². The van der Waals surface area contributed by atoms with Crippen LogP contribution in [0.1, 0.15) is 45.7 Å². The molecule has 2 atom stereocenters. The fourth-order valence-corrected chi connectivity index (χ4v) is 2.34. The summed E-state index contributed by atoms with van der Waals surface area (Å²) in [6.45, 7) is 9.44. The highest BCUT2D eigenvalue weighted by atomic mass is 19.1. The second-order valence-corrected chi connectivity index (χ2v) is 5.30. The molecule has 0 heterocycles. The number of hydrogen-bond acceptors (Lipinski definition) is 2. The van der Waals surface area contributed by atoms with E-state index in [4.69, 9.17) is 4.74 Å². The van der Waals surface area contributed by atoms with Crippen LogP contribution in [0.4, 0.5) is 8.78 Å². The molecule has 0 amide bonds. The van der Waals surface area contributed by atoms with Gasteiger partial charge < -0.3 is 10.1 Å². The van der Waals surface area contributed by atoms with Crippen LogP contribution in [0.5, 0.6) is 0 Å². The maximum Gasteiger partial charge on any atom is 0.126 e. The summed E-state index contributed by atoms with van der Waals surface area (Å²) in [5, 5.41) is 3.35. The van der Waals surface area contributed by atoms with Crippen molar-refractivity contribution in [1.82, 2.24) is 5.32 Å². The number of benzene rings is 1. The van der Waals surface area contributed by atoms with E-state index in [1.54, 1.807) is 0 Å². The summed E-state index contributed by atoms with van der Waals surface area (Å²) in [6.07, 6.45) is 0.832. The number of ether oxygens (including phenoxy) is 1. The Morgan fingerprint density at radius 3 is 2.15 bits per heavy atom. The average molecular weight is 285 g/mol. The summed E-state index contributed by atoms with van der Waals surface area (Å²) in [7, 11) is 0. The molecule has 1 N–H and O–H groups in total. The van der Waals surface area contributed by atoms with E-state index >= 15 is 0 Å². The molecular formula is C16H25F2NO. The van der Waals surface area contributed by atoms with Crippen molar-refractivity contribution in [3.05, 3.63) is 35.4 Å². The third-order valence-electron chi connectivity index (χ3n) is 3.20. The fraction of sp³-hybridized carbons (Fsp3) is 0.625. The Hall–Kier alpha value is -1.00. The first-order valence-corrected chi connectivity index (χ1v) is 7.30. The summed E-state index contributed by atoms with van der Waals surface area (Å²) in [5.74, 6) is -0.861. The third kappa shape index (κ3) is 4.84. The summed E-state index contributed by atoms with van der Waals surface area (Å²) in [4.78, 5) is 0. The second kappa shape index (κ2) is 8.32. The number of halogens is 2. The quantitative estimate of drug-likeness (QED) is 0.777. The molecule has 1 aromatic rings. The molecule has 1 aromatic carbocycles. The predicted octanol–water partition coefficient (Wildman–Crippen LogP) is 4.07. The zero-order valence-electron chi connectivity index (χ0n) is 12.7. The molecule has 2 nitrogen and oxygen atoms in total. The zero-order chi connectivity index (χ0) is 15.1. The van der Waals surface area contributed by atoms with E-state index in [1.165, 1.54) is 12.1 Å². The first-order chi connectivity index (χ1) is 9.49. The minimum absolute atomic E-state index is 0.118. The lowest BCUT2D eigenvalue weighted by Gasteiger charge is -2.31.